The Morgan fingerprint density at radius 3 is 2.65 bits per heavy atom. The van der Waals surface area contributed by atoms with Crippen LogP contribution >= 0.6 is 15.9 Å². The van der Waals surface area contributed by atoms with E-state index in [1.807, 2.05) is 13.8 Å². The van der Waals surface area contributed by atoms with E-state index in [9.17, 15) is 9.50 Å². The molecule has 0 amide bonds. The van der Waals surface area contributed by atoms with Crippen molar-refractivity contribution >= 4 is 15.9 Å². The van der Waals surface area contributed by atoms with Crippen LogP contribution in [-0.2, 0) is 0 Å². The van der Waals surface area contributed by atoms with Gasteiger partial charge in [0.05, 0.1) is 11.1 Å². The summed E-state index contributed by atoms with van der Waals surface area (Å²) in [6.07, 6.45) is -0.998. The molecule has 106 valence electrons. The summed E-state index contributed by atoms with van der Waals surface area (Å²) in [6, 6.07) is 9.96. The van der Waals surface area contributed by atoms with Gasteiger partial charge in [0, 0.05) is 5.56 Å². The summed E-state index contributed by atoms with van der Waals surface area (Å²) in [5, 5.41) is 10.3. The summed E-state index contributed by atoms with van der Waals surface area (Å²) >= 11 is 3.39. The first-order valence-corrected chi connectivity index (χ1v) is 7.18. The zero-order valence-corrected chi connectivity index (χ0v) is 12.9. The molecule has 2 aromatic carbocycles. The fraction of sp³-hybridized carbons (Fsp3) is 0.250. The van der Waals surface area contributed by atoms with E-state index < -0.39 is 11.9 Å². The van der Waals surface area contributed by atoms with Crippen molar-refractivity contribution < 1.29 is 14.2 Å². The maximum absolute atomic E-state index is 13.8. The zero-order chi connectivity index (χ0) is 14.7. The first kappa shape index (κ1) is 15.0. The van der Waals surface area contributed by atoms with Crippen molar-refractivity contribution in [2.75, 3.05) is 6.61 Å². The number of hydrogen-bond donors (Lipinski definition) is 1. The minimum absolute atomic E-state index is 0.279. The standard InChI is InChI=1S/C16H16BrFO2/c1-3-20-15-7-5-11(9-13(15)17)16(19)12-8-10(2)4-6-14(12)18/h4-9,16,19H,3H2,1-2H3. The van der Waals surface area contributed by atoms with Crippen molar-refractivity contribution in [3.8, 4) is 5.75 Å². The van der Waals surface area contributed by atoms with Gasteiger partial charge in [0.1, 0.15) is 17.7 Å². The minimum atomic E-state index is -0.998. The molecule has 1 unspecified atom stereocenters. The Balaban J connectivity index is 2.35. The van der Waals surface area contributed by atoms with Crippen LogP contribution in [0.5, 0.6) is 5.75 Å². The van der Waals surface area contributed by atoms with Gasteiger partial charge in [-0.2, -0.15) is 0 Å². The van der Waals surface area contributed by atoms with Crippen LogP contribution in [0.4, 0.5) is 4.39 Å². The van der Waals surface area contributed by atoms with E-state index in [1.165, 1.54) is 6.07 Å². The summed E-state index contributed by atoms with van der Waals surface area (Å²) in [7, 11) is 0. The molecule has 4 heteroatoms. The molecule has 0 fully saturated rings. The lowest BCUT2D eigenvalue weighted by atomic mass is 9.99. The van der Waals surface area contributed by atoms with Crippen molar-refractivity contribution in [2.24, 2.45) is 0 Å². The molecule has 0 radical (unpaired) electrons. The molecule has 0 aliphatic heterocycles. The second-order valence-electron chi connectivity index (χ2n) is 4.55. The lowest BCUT2D eigenvalue weighted by Crippen LogP contribution is -2.03. The van der Waals surface area contributed by atoms with Crippen LogP contribution in [0.2, 0.25) is 0 Å². The number of ether oxygens (including phenoxy) is 1. The maximum atomic E-state index is 13.8. The first-order valence-electron chi connectivity index (χ1n) is 6.39. The van der Waals surface area contributed by atoms with Crippen LogP contribution in [0.3, 0.4) is 0 Å². The molecule has 20 heavy (non-hydrogen) atoms. The monoisotopic (exact) mass is 338 g/mol. The lowest BCUT2D eigenvalue weighted by molar-refractivity contribution is 0.214. The number of halogens is 2. The Hall–Kier alpha value is -1.39. The van der Waals surface area contributed by atoms with Crippen molar-refractivity contribution in [3.05, 3.63) is 63.4 Å². The highest BCUT2D eigenvalue weighted by atomic mass is 79.9. The zero-order valence-electron chi connectivity index (χ0n) is 11.4. The van der Waals surface area contributed by atoms with E-state index in [4.69, 9.17) is 4.74 Å². The van der Waals surface area contributed by atoms with Gasteiger partial charge in [-0.3, -0.25) is 0 Å². The summed E-state index contributed by atoms with van der Waals surface area (Å²) in [6.45, 7) is 4.33. The molecule has 1 N–H and O–H groups in total. The fourth-order valence-corrected chi connectivity index (χ4v) is 2.52. The van der Waals surface area contributed by atoms with Crippen LogP contribution < -0.4 is 4.74 Å². The molecule has 0 aromatic heterocycles. The Labute approximate surface area is 126 Å². The lowest BCUT2D eigenvalue weighted by Gasteiger charge is -2.15. The molecule has 0 heterocycles. The van der Waals surface area contributed by atoms with E-state index in [2.05, 4.69) is 15.9 Å². The van der Waals surface area contributed by atoms with Crippen molar-refractivity contribution in [3.63, 3.8) is 0 Å². The predicted octanol–water partition coefficient (Wildman–Crippen LogP) is 4.38. The largest absolute Gasteiger partial charge is 0.493 e. The molecule has 2 rings (SSSR count). The average Bonchev–Trinajstić information content (AvgIpc) is 2.43. The van der Waals surface area contributed by atoms with Gasteiger partial charge in [-0.15, -0.1) is 0 Å². The number of aliphatic hydroxyl groups is 1. The number of hydrogen-bond acceptors (Lipinski definition) is 2. The Kier molecular flexibility index (Phi) is 4.78. The minimum Gasteiger partial charge on any atom is -0.493 e. The highest BCUT2D eigenvalue weighted by Gasteiger charge is 2.16. The third kappa shape index (κ3) is 3.19. The average molecular weight is 339 g/mol. The quantitative estimate of drug-likeness (QED) is 0.896. The second kappa shape index (κ2) is 6.37. The number of aliphatic hydroxyl groups excluding tert-OH is 1. The number of rotatable bonds is 4. The van der Waals surface area contributed by atoms with Gasteiger partial charge in [-0.1, -0.05) is 23.8 Å². The Morgan fingerprint density at radius 2 is 2.00 bits per heavy atom. The van der Waals surface area contributed by atoms with Gasteiger partial charge in [0.15, 0.2) is 0 Å². The number of aryl methyl sites for hydroxylation is 1. The Bertz CT molecular complexity index is 613. The molecule has 0 aliphatic rings. The van der Waals surface area contributed by atoms with Crippen molar-refractivity contribution in [1.29, 1.82) is 0 Å². The van der Waals surface area contributed by atoms with E-state index in [1.54, 1.807) is 30.3 Å². The predicted molar refractivity (Wildman–Crippen MR) is 80.5 cm³/mol. The van der Waals surface area contributed by atoms with Crippen LogP contribution in [0, 0.1) is 12.7 Å². The molecule has 1 atom stereocenters. The normalized spacial score (nSPS) is 12.2. The van der Waals surface area contributed by atoms with Gasteiger partial charge in [0.25, 0.3) is 0 Å². The summed E-state index contributed by atoms with van der Waals surface area (Å²) < 4.78 is 20.0. The summed E-state index contributed by atoms with van der Waals surface area (Å²) in [5.41, 5.74) is 1.80. The summed E-state index contributed by atoms with van der Waals surface area (Å²) in [5.74, 6) is 0.293. The topological polar surface area (TPSA) is 29.5 Å². The van der Waals surface area contributed by atoms with Gasteiger partial charge in [-0.05, 0) is 53.5 Å². The van der Waals surface area contributed by atoms with Gasteiger partial charge in [0.2, 0.25) is 0 Å². The second-order valence-corrected chi connectivity index (χ2v) is 5.40. The van der Waals surface area contributed by atoms with Crippen LogP contribution in [0.15, 0.2) is 40.9 Å². The van der Waals surface area contributed by atoms with Gasteiger partial charge >= 0.3 is 0 Å². The van der Waals surface area contributed by atoms with Gasteiger partial charge in [-0.25, -0.2) is 4.39 Å². The van der Waals surface area contributed by atoms with E-state index in [0.29, 0.717) is 17.9 Å². The van der Waals surface area contributed by atoms with Crippen LogP contribution in [0.1, 0.15) is 29.7 Å². The molecular formula is C16H16BrFO2. The third-order valence-corrected chi connectivity index (χ3v) is 3.64. The molecule has 2 aromatic rings. The molecule has 0 spiro atoms. The smallest absolute Gasteiger partial charge is 0.133 e. The molecule has 0 saturated carbocycles. The van der Waals surface area contributed by atoms with E-state index in [-0.39, 0.29) is 5.56 Å². The van der Waals surface area contributed by atoms with Gasteiger partial charge < -0.3 is 9.84 Å². The maximum Gasteiger partial charge on any atom is 0.133 e. The van der Waals surface area contributed by atoms with E-state index >= 15 is 0 Å². The van der Waals surface area contributed by atoms with Crippen molar-refractivity contribution in [1.82, 2.24) is 0 Å². The molecular weight excluding hydrogens is 323 g/mol. The molecule has 0 aliphatic carbocycles. The molecule has 0 bridgehead atoms. The number of benzene rings is 2. The SMILES string of the molecule is CCOc1ccc(C(O)c2cc(C)ccc2F)cc1Br. The molecule has 0 saturated heterocycles. The highest BCUT2D eigenvalue weighted by molar-refractivity contribution is 9.10. The third-order valence-electron chi connectivity index (χ3n) is 3.02. The summed E-state index contributed by atoms with van der Waals surface area (Å²) in [4.78, 5) is 0. The van der Waals surface area contributed by atoms with Crippen LogP contribution in [-0.4, -0.2) is 11.7 Å². The first-order chi connectivity index (χ1) is 9.52. The fourth-order valence-electron chi connectivity index (χ4n) is 2.01. The van der Waals surface area contributed by atoms with Crippen LogP contribution in [0.25, 0.3) is 0 Å². The Morgan fingerprint density at radius 1 is 1.25 bits per heavy atom. The van der Waals surface area contributed by atoms with E-state index in [0.717, 1.165) is 10.0 Å². The van der Waals surface area contributed by atoms with Crippen molar-refractivity contribution in [2.45, 2.75) is 20.0 Å². The highest BCUT2D eigenvalue weighted by Crippen LogP contribution is 2.31. The molecule has 2 nitrogen and oxygen atoms in total.